The molecule has 3 rings (SSSR count). The van der Waals surface area contributed by atoms with Gasteiger partial charge in [0.2, 0.25) is 0 Å². The number of para-hydroxylation sites is 2. The van der Waals surface area contributed by atoms with E-state index in [9.17, 15) is 0 Å². The Balaban J connectivity index is 1.44. The van der Waals surface area contributed by atoms with Gasteiger partial charge in [0.15, 0.2) is 5.58 Å². The highest BCUT2D eigenvalue weighted by Crippen LogP contribution is 2.17. The molecule has 1 N–H and O–H groups in total. The largest absolute Gasteiger partial charge is 0.424 e. The fourth-order valence-corrected chi connectivity index (χ4v) is 2.27. The van der Waals surface area contributed by atoms with Gasteiger partial charge < -0.3 is 14.5 Å². The smallest absolute Gasteiger partial charge is 0.295 e. The van der Waals surface area contributed by atoms with Crippen molar-refractivity contribution in [3.8, 4) is 0 Å². The first kappa shape index (κ1) is 12.4. The first-order valence-electron chi connectivity index (χ1n) is 6.81. The van der Waals surface area contributed by atoms with Crippen LogP contribution in [0.1, 0.15) is 6.42 Å². The van der Waals surface area contributed by atoms with E-state index >= 15 is 0 Å². The van der Waals surface area contributed by atoms with Gasteiger partial charge in [-0.15, -0.1) is 0 Å². The third-order valence-corrected chi connectivity index (χ3v) is 3.32. The molecular weight excluding hydrogens is 242 g/mol. The second kappa shape index (κ2) is 6.04. The molecule has 0 amide bonds. The summed E-state index contributed by atoms with van der Waals surface area (Å²) in [7, 11) is 0. The summed E-state index contributed by atoms with van der Waals surface area (Å²) in [5, 5.41) is 3.24. The maximum Gasteiger partial charge on any atom is 0.295 e. The summed E-state index contributed by atoms with van der Waals surface area (Å²) >= 11 is 0. The van der Waals surface area contributed by atoms with Crippen LogP contribution in [0.15, 0.2) is 28.7 Å². The molecule has 5 nitrogen and oxygen atoms in total. The van der Waals surface area contributed by atoms with Crippen molar-refractivity contribution in [2.24, 2.45) is 0 Å². The lowest BCUT2D eigenvalue weighted by Crippen LogP contribution is -2.37. The summed E-state index contributed by atoms with van der Waals surface area (Å²) < 4.78 is 10.9. The summed E-state index contributed by atoms with van der Waals surface area (Å²) in [6.45, 7) is 5.78. The molecular formula is C14H19N3O2. The SMILES string of the molecule is c1ccc2oc(NCCCN3CCOCC3)nc2c1. The molecule has 102 valence electrons. The molecule has 0 bridgehead atoms. The second-order valence-electron chi connectivity index (χ2n) is 4.72. The van der Waals surface area contributed by atoms with Gasteiger partial charge in [-0.3, -0.25) is 4.90 Å². The number of hydrogen-bond acceptors (Lipinski definition) is 5. The summed E-state index contributed by atoms with van der Waals surface area (Å²) in [6.07, 6.45) is 1.08. The number of nitrogens with one attached hydrogen (secondary N) is 1. The first-order valence-corrected chi connectivity index (χ1v) is 6.81. The van der Waals surface area contributed by atoms with Gasteiger partial charge in [0.25, 0.3) is 6.01 Å². The number of rotatable bonds is 5. The molecule has 0 unspecified atom stereocenters. The van der Waals surface area contributed by atoms with E-state index in [0.717, 1.165) is 56.9 Å². The Hall–Kier alpha value is -1.59. The molecule has 0 saturated carbocycles. The summed E-state index contributed by atoms with van der Waals surface area (Å²) in [6, 6.07) is 8.42. The number of ether oxygens (including phenoxy) is 1. The first-order chi connectivity index (χ1) is 9.42. The van der Waals surface area contributed by atoms with Crippen LogP contribution in [0.25, 0.3) is 11.1 Å². The number of nitrogens with zero attached hydrogens (tertiary/aromatic N) is 2. The maximum atomic E-state index is 5.60. The number of hydrogen-bond donors (Lipinski definition) is 1. The number of morpholine rings is 1. The van der Waals surface area contributed by atoms with Crippen molar-refractivity contribution in [2.75, 3.05) is 44.7 Å². The predicted molar refractivity (Wildman–Crippen MR) is 74.4 cm³/mol. The number of fused-ring (bicyclic) bond motifs is 1. The Morgan fingerprint density at radius 1 is 1.21 bits per heavy atom. The van der Waals surface area contributed by atoms with E-state index in [1.54, 1.807) is 0 Å². The average molecular weight is 261 g/mol. The highest BCUT2D eigenvalue weighted by molar-refractivity contribution is 5.74. The van der Waals surface area contributed by atoms with E-state index in [-0.39, 0.29) is 0 Å². The van der Waals surface area contributed by atoms with Crippen molar-refractivity contribution in [2.45, 2.75) is 6.42 Å². The molecule has 1 fully saturated rings. The van der Waals surface area contributed by atoms with E-state index in [2.05, 4.69) is 15.2 Å². The van der Waals surface area contributed by atoms with Gasteiger partial charge in [-0.1, -0.05) is 12.1 Å². The zero-order valence-electron chi connectivity index (χ0n) is 11.0. The molecule has 1 aliphatic heterocycles. The third-order valence-electron chi connectivity index (χ3n) is 3.32. The van der Waals surface area contributed by atoms with Crippen LogP contribution in [-0.2, 0) is 4.74 Å². The number of anilines is 1. The van der Waals surface area contributed by atoms with E-state index in [1.807, 2.05) is 24.3 Å². The van der Waals surface area contributed by atoms with Crippen LogP contribution in [-0.4, -0.2) is 49.3 Å². The zero-order valence-corrected chi connectivity index (χ0v) is 11.0. The van der Waals surface area contributed by atoms with E-state index in [0.29, 0.717) is 6.01 Å². The van der Waals surface area contributed by atoms with Crippen LogP contribution >= 0.6 is 0 Å². The minimum Gasteiger partial charge on any atom is -0.424 e. The minimum atomic E-state index is 0.614. The minimum absolute atomic E-state index is 0.614. The van der Waals surface area contributed by atoms with Gasteiger partial charge in [0, 0.05) is 19.6 Å². The maximum absolute atomic E-state index is 5.60. The van der Waals surface area contributed by atoms with Gasteiger partial charge in [-0.25, -0.2) is 0 Å². The highest BCUT2D eigenvalue weighted by atomic mass is 16.5. The molecule has 5 heteroatoms. The molecule has 0 spiro atoms. The van der Waals surface area contributed by atoms with E-state index in [1.165, 1.54) is 0 Å². The summed E-state index contributed by atoms with van der Waals surface area (Å²) in [5.74, 6) is 0. The topological polar surface area (TPSA) is 50.5 Å². The lowest BCUT2D eigenvalue weighted by Gasteiger charge is -2.26. The number of oxazole rings is 1. The quantitative estimate of drug-likeness (QED) is 0.834. The van der Waals surface area contributed by atoms with Crippen LogP contribution in [0.5, 0.6) is 0 Å². The molecule has 1 aliphatic rings. The van der Waals surface area contributed by atoms with E-state index in [4.69, 9.17) is 9.15 Å². The zero-order chi connectivity index (χ0) is 12.9. The molecule has 1 aromatic heterocycles. The fourth-order valence-electron chi connectivity index (χ4n) is 2.27. The van der Waals surface area contributed by atoms with Gasteiger partial charge in [-0.05, 0) is 25.1 Å². The van der Waals surface area contributed by atoms with Crippen LogP contribution in [0.3, 0.4) is 0 Å². The summed E-state index contributed by atoms with van der Waals surface area (Å²) in [4.78, 5) is 6.81. The molecule has 19 heavy (non-hydrogen) atoms. The number of aromatic nitrogens is 1. The molecule has 0 atom stereocenters. The van der Waals surface area contributed by atoms with Gasteiger partial charge in [0.05, 0.1) is 13.2 Å². The normalized spacial score (nSPS) is 16.8. The molecule has 2 aromatic rings. The second-order valence-corrected chi connectivity index (χ2v) is 4.72. The molecule has 1 saturated heterocycles. The Bertz CT molecular complexity index is 487. The predicted octanol–water partition coefficient (Wildman–Crippen LogP) is 1.96. The molecule has 1 aromatic carbocycles. The standard InChI is InChI=1S/C14H19N3O2/c1-2-5-13-12(4-1)16-14(19-13)15-6-3-7-17-8-10-18-11-9-17/h1-2,4-5H,3,6-11H2,(H,15,16). The van der Waals surface area contributed by atoms with Crippen molar-refractivity contribution < 1.29 is 9.15 Å². The Labute approximate surface area is 112 Å². The van der Waals surface area contributed by atoms with Gasteiger partial charge in [0.1, 0.15) is 5.52 Å². The highest BCUT2D eigenvalue weighted by Gasteiger charge is 2.09. The molecule has 0 aliphatic carbocycles. The average Bonchev–Trinajstić information content (AvgIpc) is 2.87. The Morgan fingerprint density at radius 2 is 2.05 bits per heavy atom. The number of benzene rings is 1. The van der Waals surface area contributed by atoms with Crippen molar-refractivity contribution >= 4 is 17.1 Å². The van der Waals surface area contributed by atoms with Crippen LogP contribution in [0.4, 0.5) is 6.01 Å². The molecule has 2 heterocycles. The van der Waals surface area contributed by atoms with Crippen molar-refractivity contribution in [1.29, 1.82) is 0 Å². The Kier molecular flexibility index (Phi) is 3.95. The van der Waals surface area contributed by atoms with Crippen molar-refractivity contribution in [3.63, 3.8) is 0 Å². The summed E-state index contributed by atoms with van der Waals surface area (Å²) in [5.41, 5.74) is 1.73. The van der Waals surface area contributed by atoms with Crippen LogP contribution < -0.4 is 5.32 Å². The van der Waals surface area contributed by atoms with Gasteiger partial charge in [-0.2, -0.15) is 4.98 Å². The third kappa shape index (κ3) is 3.24. The van der Waals surface area contributed by atoms with Crippen molar-refractivity contribution in [1.82, 2.24) is 9.88 Å². The van der Waals surface area contributed by atoms with Crippen LogP contribution in [0.2, 0.25) is 0 Å². The Morgan fingerprint density at radius 3 is 2.89 bits per heavy atom. The fraction of sp³-hybridized carbons (Fsp3) is 0.500. The van der Waals surface area contributed by atoms with Gasteiger partial charge >= 0.3 is 0 Å². The van der Waals surface area contributed by atoms with Crippen LogP contribution in [0, 0.1) is 0 Å². The van der Waals surface area contributed by atoms with Crippen molar-refractivity contribution in [3.05, 3.63) is 24.3 Å². The lowest BCUT2D eigenvalue weighted by atomic mass is 10.3. The van der Waals surface area contributed by atoms with E-state index < -0.39 is 0 Å². The monoisotopic (exact) mass is 261 g/mol. The molecule has 0 radical (unpaired) electrons. The lowest BCUT2D eigenvalue weighted by molar-refractivity contribution is 0.0378.